The average molecular weight is 248 g/mol. The van der Waals surface area contributed by atoms with Gasteiger partial charge in [0.1, 0.15) is 4.99 Å². The fourth-order valence-corrected chi connectivity index (χ4v) is 1.51. The molecule has 17 heavy (non-hydrogen) atoms. The zero-order chi connectivity index (χ0) is 12.1. The molecule has 0 atom stereocenters. The second-order valence-electron chi connectivity index (χ2n) is 3.45. The molecular weight excluding hydrogens is 236 g/mol. The molecule has 0 aliphatic heterocycles. The summed E-state index contributed by atoms with van der Waals surface area (Å²) < 4.78 is 4.89. The summed E-state index contributed by atoms with van der Waals surface area (Å²) in [6, 6.07) is 7.64. The highest BCUT2D eigenvalue weighted by Gasteiger charge is 1.99. The van der Waals surface area contributed by atoms with E-state index in [1.165, 1.54) is 6.33 Å². The van der Waals surface area contributed by atoms with Crippen LogP contribution < -0.4 is 11.1 Å². The zero-order valence-electron chi connectivity index (χ0n) is 9.09. The Bertz CT molecular complexity index is 481. The van der Waals surface area contributed by atoms with Crippen LogP contribution in [0.15, 0.2) is 35.1 Å². The summed E-state index contributed by atoms with van der Waals surface area (Å²) in [6.45, 7) is 0.731. The molecular formula is C11H12N4OS. The zero-order valence-corrected chi connectivity index (χ0v) is 9.91. The van der Waals surface area contributed by atoms with Crippen molar-refractivity contribution >= 4 is 22.9 Å². The third kappa shape index (κ3) is 3.25. The minimum absolute atomic E-state index is 0.405. The number of hydrogen-bond donors (Lipinski definition) is 2. The van der Waals surface area contributed by atoms with Gasteiger partial charge in [-0.05, 0) is 24.3 Å². The second-order valence-corrected chi connectivity index (χ2v) is 3.89. The molecule has 1 aromatic carbocycles. The molecule has 0 aliphatic carbocycles. The summed E-state index contributed by atoms with van der Waals surface area (Å²) >= 11 is 4.88. The van der Waals surface area contributed by atoms with Crippen LogP contribution in [-0.4, -0.2) is 21.7 Å². The Morgan fingerprint density at radius 3 is 2.71 bits per heavy atom. The lowest BCUT2D eigenvalue weighted by Gasteiger charge is -2.05. The minimum Gasteiger partial charge on any atom is -0.389 e. The van der Waals surface area contributed by atoms with Gasteiger partial charge in [-0.3, -0.25) is 0 Å². The highest BCUT2D eigenvalue weighted by Crippen LogP contribution is 2.09. The molecule has 0 aliphatic rings. The van der Waals surface area contributed by atoms with E-state index in [0.29, 0.717) is 17.3 Å². The Balaban J connectivity index is 1.85. The number of anilines is 1. The molecule has 0 radical (unpaired) electrons. The molecule has 2 aromatic rings. The van der Waals surface area contributed by atoms with E-state index in [2.05, 4.69) is 15.5 Å². The minimum atomic E-state index is 0.405. The van der Waals surface area contributed by atoms with Gasteiger partial charge in [-0.1, -0.05) is 17.4 Å². The Morgan fingerprint density at radius 2 is 2.12 bits per heavy atom. The summed E-state index contributed by atoms with van der Waals surface area (Å²) in [4.78, 5) is 4.34. The normalized spacial score (nSPS) is 10.1. The smallest absolute Gasteiger partial charge is 0.228 e. The van der Waals surface area contributed by atoms with E-state index < -0.39 is 0 Å². The van der Waals surface area contributed by atoms with Gasteiger partial charge in [-0.15, -0.1) is 0 Å². The van der Waals surface area contributed by atoms with Crippen molar-refractivity contribution in [3.63, 3.8) is 0 Å². The first-order valence-electron chi connectivity index (χ1n) is 5.15. The van der Waals surface area contributed by atoms with Gasteiger partial charge in [-0.2, -0.15) is 4.98 Å². The maximum absolute atomic E-state index is 5.51. The van der Waals surface area contributed by atoms with Gasteiger partial charge in [0.15, 0.2) is 6.33 Å². The van der Waals surface area contributed by atoms with Crippen molar-refractivity contribution in [3.05, 3.63) is 42.0 Å². The monoisotopic (exact) mass is 248 g/mol. The molecule has 0 fully saturated rings. The molecule has 0 saturated heterocycles. The fourth-order valence-electron chi connectivity index (χ4n) is 1.37. The number of aromatic nitrogens is 2. The number of hydrogen-bond acceptors (Lipinski definition) is 5. The van der Waals surface area contributed by atoms with Crippen LogP contribution >= 0.6 is 12.2 Å². The van der Waals surface area contributed by atoms with Crippen molar-refractivity contribution in [3.8, 4) is 0 Å². The maximum Gasteiger partial charge on any atom is 0.228 e. The molecule has 0 bridgehead atoms. The van der Waals surface area contributed by atoms with E-state index in [4.69, 9.17) is 22.5 Å². The Labute approximate surface area is 104 Å². The van der Waals surface area contributed by atoms with Crippen molar-refractivity contribution in [2.45, 2.75) is 6.42 Å². The van der Waals surface area contributed by atoms with E-state index in [1.54, 1.807) is 0 Å². The first kappa shape index (κ1) is 11.5. The summed E-state index contributed by atoms with van der Waals surface area (Å²) in [6.07, 6.45) is 2.09. The lowest BCUT2D eigenvalue weighted by molar-refractivity contribution is 0.380. The number of nitrogens with zero attached hydrogens (tertiary/aromatic N) is 2. The third-order valence-electron chi connectivity index (χ3n) is 2.24. The summed E-state index contributed by atoms with van der Waals surface area (Å²) in [5.74, 6) is 0.622. The van der Waals surface area contributed by atoms with Gasteiger partial charge >= 0.3 is 0 Å². The van der Waals surface area contributed by atoms with Crippen LogP contribution in [-0.2, 0) is 6.42 Å². The molecule has 2 rings (SSSR count). The molecule has 0 spiro atoms. The van der Waals surface area contributed by atoms with E-state index in [9.17, 15) is 0 Å². The predicted molar refractivity (Wildman–Crippen MR) is 68.8 cm³/mol. The Kier molecular flexibility index (Phi) is 3.66. The lowest BCUT2D eigenvalue weighted by atomic mass is 10.2. The van der Waals surface area contributed by atoms with Crippen LogP contribution in [0.2, 0.25) is 0 Å². The first-order chi connectivity index (χ1) is 8.25. The molecule has 3 N–H and O–H groups in total. The largest absolute Gasteiger partial charge is 0.389 e. The first-order valence-corrected chi connectivity index (χ1v) is 5.56. The highest BCUT2D eigenvalue weighted by molar-refractivity contribution is 7.80. The Morgan fingerprint density at radius 1 is 1.35 bits per heavy atom. The molecule has 88 valence electrons. The van der Waals surface area contributed by atoms with Gasteiger partial charge in [0, 0.05) is 24.2 Å². The number of benzene rings is 1. The predicted octanol–water partition coefficient (Wildman–Crippen LogP) is 1.36. The third-order valence-corrected chi connectivity index (χ3v) is 2.48. The maximum atomic E-state index is 5.51. The van der Waals surface area contributed by atoms with Crippen LogP contribution in [0.5, 0.6) is 0 Å². The van der Waals surface area contributed by atoms with Gasteiger partial charge in [0.2, 0.25) is 5.89 Å². The van der Waals surface area contributed by atoms with E-state index >= 15 is 0 Å². The standard InChI is InChI=1S/C11H12N4OS/c12-11(17)8-1-3-9(4-2-8)13-6-5-10-14-7-15-16-10/h1-4,7,13H,5-6H2,(H2,12,17). The van der Waals surface area contributed by atoms with Crippen LogP contribution in [0.4, 0.5) is 5.69 Å². The van der Waals surface area contributed by atoms with E-state index in [-0.39, 0.29) is 0 Å². The van der Waals surface area contributed by atoms with Crippen LogP contribution in [0, 0.1) is 0 Å². The van der Waals surface area contributed by atoms with Gasteiger partial charge < -0.3 is 15.6 Å². The number of nitrogens with one attached hydrogen (secondary N) is 1. The van der Waals surface area contributed by atoms with Crippen LogP contribution in [0.1, 0.15) is 11.5 Å². The van der Waals surface area contributed by atoms with Gasteiger partial charge in [-0.25, -0.2) is 0 Å². The molecule has 0 unspecified atom stereocenters. The van der Waals surface area contributed by atoms with Crippen molar-refractivity contribution < 1.29 is 4.52 Å². The summed E-state index contributed by atoms with van der Waals surface area (Å²) in [7, 11) is 0. The van der Waals surface area contributed by atoms with Crippen LogP contribution in [0.25, 0.3) is 0 Å². The van der Waals surface area contributed by atoms with Crippen LogP contribution in [0.3, 0.4) is 0 Å². The molecule has 0 amide bonds. The topological polar surface area (TPSA) is 77.0 Å². The van der Waals surface area contributed by atoms with Crippen molar-refractivity contribution in [1.29, 1.82) is 0 Å². The fraction of sp³-hybridized carbons (Fsp3) is 0.182. The second kappa shape index (κ2) is 5.40. The van der Waals surface area contributed by atoms with Gasteiger partial charge in [0.25, 0.3) is 0 Å². The Hall–Kier alpha value is -1.95. The number of thiocarbonyl (C=S) groups is 1. The molecule has 0 saturated carbocycles. The van der Waals surface area contributed by atoms with E-state index in [0.717, 1.165) is 17.8 Å². The highest BCUT2D eigenvalue weighted by atomic mass is 32.1. The van der Waals surface area contributed by atoms with Crippen molar-refractivity contribution in [2.75, 3.05) is 11.9 Å². The molecule has 1 heterocycles. The molecule has 1 aromatic heterocycles. The number of rotatable bonds is 5. The average Bonchev–Trinajstić information content (AvgIpc) is 2.83. The molecule has 5 nitrogen and oxygen atoms in total. The summed E-state index contributed by atoms with van der Waals surface area (Å²) in [5, 5.41) is 6.77. The van der Waals surface area contributed by atoms with E-state index in [1.807, 2.05) is 24.3 Å². The lowest BCUT2D eigenvalue weighted by Crippen LogP contribution is -2.09. The SMILES string of the molecule is NC(=S)c1ccc(NCCc2ncno2)cc1. The van der Waals surface area contributed by atoms with Crippen molar-refractivity contribution in [1.82, 2.24) is 10.1 Å². The summed E-state index contributed by atoms with van der Waals surface area (Å²) in [5.41, 5.74) is 7.38. The van der Waals surface area contributed by atoms with Crippen molar-refractivity contribution in [2.24, 2.45) is 5.73 Å². The number of nitrogens with two attached hydrogens (primary N) is 1. The molecule has 6 heteroatoms. The quantitative estimate of drug-likeness (QED) is 0.778. The van der Waals surface area contributed by atoms with Gasteiger partial charge in [0.05, 0.1) is 0 Å².